The maximum Gasteiger partial charge on any atom is 0.153 e. The molecule has 5 heteroatoms. The summed E-state index contributed by atoms with van der Waals surface area (Å²) in [6.45, 7) is 0. The number of hydrogen-bond donors (Lipinski definition) is 1. The molecule has 0 aliphatic heterocycles. The zero-order valence-corrected chi connectivity index (χ0v) is 11.7. The average Bonchev–Trinajstić information content (AvgIpc) is 3.03. The molecule has 1 saturated carbocycles. The third-order valence-electron chi connectivity index (χ3n) is 3.84. The van der Waals surface area contributed by atoms with E-state index in [1.54, 1.807) is 18.0 Å². The topological polar surface area (TPSA) is 52.0 Å². The van der Waals surface area contributed by atoms with Crippen LogP contribution in [0.2, 0.25) is 0 Å². The van der Waals surface area contributed by atoms with Gasteiger partial charge in [0.15, 0.2) is 5.82 Å². The van der Waals surface area contributed by atoms with Crippen molar-refractivity contribution in [3.63, 3.8) is 0 Å². The molecule has 1 N–H and O–H groups in total. The summed E-state index contributed by atoms with van der Waals surface area (Å²) in [7, 11) is 1.80. The Hall–Kier alpha value is -1.88. The van der Waals surface area contributed by atoms with Crippen LogP contribution in [0.3, 0.4) is 0 Å². The van der Waals surface area contributed by atoms with Crippen LogP contribution in [0.5, 0.6) is 0 Å². The Balaban J connectivity index is 1.68. The number of hydrogen-bond acceptors (Lipinski definition) is 4. The van der Waals surface area contributed by atoms with Gasteiger partial charge in [-0.05, 0) is 31.0 Å². The molecule has 2 unspecified atom stereocenters. The fourth-order valence-corrected chi connectivity index (χ4v) is 2.77. The number of ether oxygens (including phenoxy) is 1. The molecule has 1 aliphatic carbocycles. The molecule has 5 nitrogen and oxygen atoms in total. The summed E-state index contributed by atoms with van der Waals surface area (Å²) >= 11 is 0. The predicted octanol–water partition coefficient (Wildman–Crippen LogP) is 2.64. The number of rotatable bonds is 4. The Bertz CT molecular complexity index is 523. The Labute approximate surface area is 119 Å². The van der Waals surface area contributed by atoms with E-state index in [4.69, 9.17) is 4.74 Å². The van der Waals surface area contributed by atoms with Crippen LogP contribution in [0, 0.1) is 0 Å². The minimum Gasteiger partial charge on any atom is -0.379 e. The molecule has 3 rings (SSSR count). The third-order valence-corrected chi connectivity index (χ3v) is 3.84. The second-order valence-electron chi connectivity index (χ2n) is 5.17. The van der Waals surface area contributed by atoms with E-state index < -0.39 is 0 Å². The summed E-state index contributed by atoms with van der Waals surface area (Å²) in [5, 5.41) is 7.71. The first-order chi connectivity index (χ1) is 9.86. The lowest BCUT2D eigenvalue weighted by Gasteiger charge is -2.31. The normalized spacial score (nSPS) is 22.6. The van der Waals surface area contributed by atoms with Gasteiger partial charge in [-0.3, -0.25) is 0 Å². The molecule has 0 spiro atoms. The summed E-state index contributed by atoms with van der Waals surface area (Å²) in [5.74, 6) is 0.826. The molecule has 2 aromatic heterocycles. The van der Waals surface area contributed by atoms with Gasteiger partial charge in [-0.15, -0.1) is 0 Å². The number of nitrogens with one attached hydrogen (secondary N) is 1. The highest BCUT2D eigenvalue weighted by Crippen LogP contribution is 2.24. The van der Waals surface area contributed by atoms with Gasteiger partial charge in [-0.25, -0.2) is 9.67 Å². The molecular formula is C15H20N4O. The summed E-state index contributed by atoms with van der Waals surface area (Å²) in [6.07, 6.45) is 10.6. The average molecular weight is 272 g/mol. The van der Waals surface area contributed by atoms with Crippen molar-refractivity contribution in [3.05, 3.63) is 36.8 Å². The van der Waals surface area contributed by atoms with Gasteiger partial charge in [-0.1, -0.05) is 12.8 Å². The van der Waals surface area contributed by atoms with Gasteiger partial charge in [0.2, 0.25) is 0 Å². The van der Waals surface area contributed by atoms with Crippen LogP contribution < -0.4 is 5.32 Å². The Morgan fingerprint density at radius 3 is 2.90 bits per heavy atom. The van der Waals surface area contributed by atoms with E-state index in [-0.39, 0.29) is 0 Å². The molecule has 0 saturated heterocycles. The SMILES string of the molecule is COC1CCCCC1Nc1ccc(-n2cccn2)nc1. The first kappa shape index (κ1) is 13.1. The highest BCUT2D eigenvalue weighted by atomic mass is 16.5. The maximum atomic E-state index is 5.56. The van der Waals surface area contributed by atoms with Crippen LogP contribution in [0.4, 0.5) is 5.69 Å². The molecule has 0 radical (unpaired) electrons. The van der Waals surface area contributed by atoms with Crippen LogP contribution in [0.25, 0.3) is 5.82 Å². The molecular weight excluding hydrogens is 252 g/mol. The lowest BCUT2D eigenvalue weighted by Crippen LogP contribution is -2.37. The molecule has 2 atom stereocenters. The van der Waals surface area contributed by atoms with Crippen LogP contribution in [0.15, 0.2) is 36.8 Å². The number of nitrogens with zero attached hydrogens (tertiary/aromatic N) is 3. The molecule has 0 amide bonds. The Morgan fingerprint density at radius 1 is 1.30 bits per heavy atom. The van der Waals surface area contributed by atoms with Gasteiger partial charge in [0, 0.05) is 19.5 Å². The van der Waals surface area contributed by atoms with Crippen molar-refractivity contribution in [1.29, 1.82) is 0 Å². The summed E-state index contributed by atoms with van der Waals surface area (Å²) in [6, 6.07) is 6.29. The zero-order valence-electron chi connectivity index (χ0n) is 11.7. The second kappa shape index (κ2) is 6.05. The number of anilines is 1. The van der Waals surface area contributed by atoms with E-state index in [0.717, 1.165) is 24.3 Å². The quantitative estimate of drug-likeness (QED) is 0.929. The van der Waals surface area contributed by atoms with E-state index in [1.165, 1.54) is 12.8 Å². The van der Waals surface area contributed by atoms with Crippen LogP contribution >= 0.6 is 0 Å². The summed E-state index contributed by atoms with van der Waals surface area (Å²) < 4.78 is 7.31. The van der Waals surface area contributed by atoms with Gasteiger partial charge in [0.1, 0.15) is 0 Å². The molecule has 0 bridgehead atoms. The smallest absolute Gasteiger partial charge is 0.153 e. The fourth-order valence-electron chi connectivity index (χ4n) is 2.77. The Kier molecular flexibility index (Phi) is 3.97. The van der Waals surface area contributed by atoms with Crippen LogP contribution in [-0.4, -0.2) is 34.0 Å². The molecule has 20 heavy (non-hydrogen) atoms. The standard InChI is InChI=1S/C15H20N4O/c1-20-14-6-3-2-5-13(14)18-12-7-8-15(16-11-12)19-10-4-9-17-19/h4,7-11,13-14,18H,2-3,5-6H2,1H3. The summed E-state index contributed by atoms with van der Waals surface area (Å²) in [4.78, 5) is 4.43. The maximum absolute atomic E-state index is 5.56. The van der Waals surface area contributed by atoms with Crippen molar-refractivity contribution in [2.24, 2.45) is 0 Å². The minimum atomic E-state index is 0.301. The van der Waals surface area contributed by atoms with Crippen molar-refractivity contribution in [3.8, 4) is 5.82 Å². The van der Waals surface area contributed by atoms with Gasteiger partial charge in [-0.2, -0.15) is 5.10 Å². The van der Waals surface area contributed by atoms with Gasteiger partial charge in [0.25, 0.3) is 0 Å². The Morgan fingerprint density at radius 2 is 2.20 bits per heavy atom. The van der Waals surface area contributed by atoms with Gasteiger partial charge < -0.3 is 10.1 Å². The second-order valence-corrected chi connectivity index (χ2v) is 5.17. The van der Waals surface area contributed by atoms with E-state index in [1.807, 2.05) is 30.6 Å². The first-order valence-electron chi connectivity index (χ1n) is 7.12. The van der Waals surface area contributed by atoms with Crippen molar-refractivity contribution in [2.75, 3.05) is 12.4 Å². The van der Waals surface area contributed by atoms with E-state index in [9.17, 15) is 0 Å². The van der Waals surface area contributed by atoms with Crippen molar-refractivity contribution < 1.29 is 4.74 Å². The third kappa shape index (κ3) is 2.82. The highest BCUT2D eigenvalue weighted by molar-refractivity contribution is 5.44. The lowest BCUT2D eigenvalue weighted by molar-refractivity contribution is 0.0606. The molecule has 2 heterocycles. The minimum absolute atomic E-state index is 0.301. The van der Waals surface area contributed by atoms with E-state index >= 15 is 0 Å². The highest BCUT2D eigenvalue weighted by Gasteiger charge is 2.24. The number of aromatic nitrogens is 3. The van der Waals surface area contributed by atoms with E-state index in [2.05, 4.69) is 15.4 Å². The summed E-state index contributed by atoms with van der Waals surface area (Å²) in [5.41, 5.74) is 1.04. The fraction of sp³-hybridized carbons (Fsp3) is 0.467. The molecule has 106 valence electrons. The zero-order chi connectivity index (χ0) is 13.8. The van der Waals surface area contributed by atoms with E-state index in [0.29, 0.717) is 12.1 Å². The van der Waals surface area contributed by atoms with Crippen molar-refractivity contribution in [2.45, 2.75) is 37.8 Å². The largest absolute Gasteiger partial charge is 0.379 e. The van der Waals surface area contributed by atoms with Crippen LogP contribution in [0.1, 0.15) is 25.7 Å². The molecule has 1 fully saturated rings. The monoisotopic (exact) mass is 272 g/mol. The number of methoxy groups -OCH3 is 1. The van der Waals surface area contributed by atoms with Gasteiger partial charge in [0.05, 0.1) is 24.0 Å². The lowest BCUT2D eigenvalue weighted by atomic mass is 9.92. The molecule has 1 aliphatic rings. The van der Waals surface area contributed by atoms with Gasteiger partial charge >= 0.3 is 0 Å². The first-order valence-corrected chi connectivity index (χ1v) is 7.12. The number of pyridine rings is 1. The predicted molar refractivity (Wildman–Crippen MR) is 78.0 cm³/mol. The van der Waals surface area contributed by atoms with Crippen LogP contribution in [-0.2, 0) is 4.74 Å². The van der Waals surface area contributed by atoms with Crippen molar-refractivity contribution in [1.82, 2.24) is 14.8 Å². The van der Waals surface area contributed by atoms with Crippen molar-refractivity contribution >= 4 is 5.69 Å². The molecule has 0 aromatic carbocycles. The molecule has 2 aromatic rings.